The number of hydrogen-bond donors (Lipinski definition) is 2. The quantitative estimate of drug-likeness (QED) is 0.453. The topological polar surface area (TPSA) is 75.4 Å². The molecule has 3 unspecified atom stereocenters. The lowest BCUT2D eigenvalue weighted by Crippen LogP contribution is -2.51. The molecule has 0 bridgehead atoms. The van der Waals surface area contributed by atoms with Crippen molar-refractivity contribution in [3.8, 4) is 0 Å². The number of nitrogens with two attached hydrogens (primary N) is 1. The van der Waals surface area contributed by atoms with E-state index >= 15 is 0 Å². The molecule has 1 saturated carbocycles. The van der Waals surface area contributed by atoms with E-state index in [4.69, 9.17) is 5.73 Å². The number of anilines is 1. The van der Waals surface area contributed by atoms with Gasteiger partial charge in [-0.15, -0.1) is 0 Å². The van der Waals surface area contributed by atoms with Crippen LogP contribution in [-0.2, 0) is 25.7 Å². The Kier molecular flexibility index (Phi) is 6.29. The van der Waals surface area contributed by atoms with E-state index in [0.717, 1.165) is 18.2 Å². The van der Waals surface area contributed by atoms with Crippen LogP contribution in [0.3, 0.4) is 0 Å². The van der Waals surface area contributed by atoms with Crippen molar-refractivity contribution in [1.29, 1.82) is 0 Å². The fraction of sp³-hybridized carbons (Fsp3) is 0.481. The molecule has 1 heterocycles. The van der Waals surface area contributed by atoms with Gasteiger partial charge < -0.3 is 16.0 Å². The van der Waals surface area contributed by atoms with E-state index in [1.807, 2.05) is 29.2 Å². The SMILES string of the molecule is C=S(=O)(c1ccccc1C(C)(F)F)C1CC(C(=O)NC2(N)CC2)N(c2ccccc2C(C)(C)C)C1. The van der Waals surface area contributed by atoms with E-state index < -0.39 is 32.4 Å². The monoisotopic (exact) mass is 503 g/mol. The van der Waals surface area contributed by atoms with Gasteiger partial charge >= 0.3 is 0 Å². The summed E-state index contributed by atoms with van der Waals surface area (Å²) >= 11 is 0. The molecule has 1 aliphatic carbocycles. The second kappa shape index (κ2) is 8.59. The number of halogens is 2. The summed E-state index contributed by atoms with van der Waals surface area (Å²) < 4.78 is 43.0. The third-order valence-electron chi connectivity index (χ3n) is 7.02. The van der Waals surface area contributed by atoms with Gasteiger partial charge in [0.15, 0.2) is 0 Å². The lowest BCUT2D eigenvalue weighted by molar-refractivity contribution is -0.123. The maximum atomic E-state index is 14.4. The molecule has 35 heavy (non-hydrogen) atoms. The summed E-state index contributed by atoms with van der Waals surface area (Å²) in [4.78, 5) is 15.4. The predicted octanol–water partition coefficient (Wildman–Crippen LogP) is 4.38. The normalized spacial score (nSPS) is 23.6. The third-order valence-corrected chi connectivity index (χ3v) is 9.54. The lowest BCUT2D eigenvalue weighted by Gasteiger charge is -2.32. The predicted molar refractivity (Wildman–Crippen MR) is 139 cm³/mol. The highest BCUT2D eigenvalue weighted by Crippen LogP contribution is 2.41. The van der Waals surface area contributed by atoms with E-state index in [1.165, 1.54) is 18.2 Å². The van der Waals surface area contributed by atoms with Crippen LogP contribution in [0, 0.1) is 0 Å². The zero-order chi connectivity index (χ0) is 25.8. The Morgan fingerprint density at radius 1 is 1.09 bits per heavy atom. The van der Waals surface area contributed by atoms with E-state index in [2.05, 4.69) is 32.0 Å². The van der Waals surface area contributed by atoms with Gasteiger partial charge in [0.2, 0.25) is 5.91 Å². The fourth-order valence-electron chi connectivity index (χ4n) is 4.84. The van der Waals surface area contributed by atoms with Crippen LogP contribution in [0.15, 0.2) is 53.4 Å². The molecule has 0 radical (unpaired) electrons. The number of carbonyl (C=O) groups is 1. The van der Waals surface area contributed by atoms with Crippen molar-refractivity contribution in [1.82, 2.24) is 5.32 Å². The molecule has 1 amide bonds. The highest BCUT2D eigenvalue weighted by atomic mass is 32.2. The van der Waals surface area contributed by atoms with Crippen molar-refractivity contribution in [3.05, 3.63) is 59.7 Å². The molecular formula is C27H35F2N3O2S. The number of hydrogen-bond acceptors (Lipinski definition) is 4. The van der Waals surface area contributed by atoms with Crippen LogP contribution in [-0.4, -0.2) is 39.5 Å². The Morgan fingerprint density at radius 3 is 2.23 bits per heavy atom. The number of nitrogens with zero attached hydrogens (tertiary/aromatic N) is 1. The summed E-state index contributed by atoms with van der Waals surface area (Å²) in [5.41, 5.74) is 6.90. The van der Waals surface area contributed by atoms with Gasteiger partial charge in [0.25, 0.3) is 5.92 Å². The van der Waals surface area contributed by atoms with Gasteiger partial charge in [0.1, 0.15) is 6.04 Å². The van der Waals surface area contributed by atoms with Gasteiger partial charge in [-0.3, -0.25) is 9.00 Å². The van der Waals surface area contributed by atoms with E-state index in [1.54, 1.807) is 6.07 Å². The van der Waals surface area contributed by atoms with Gasteiger partial charge in [-0.25, -0.2) is 8.78 Å². The second-order valence-electron chi connectivity index (χ2n) is 11.0. The first kappa shape index (κ1) is 25.6. The van der Waals surface area contributed by atoms with E-state index in [9.17, 15) is 17.8 Å². The first-order chi connectivity index (χ1) is 16.1. The van der Waals surface area contributed by atoms with Crippen LogP contribution in [0.5, 0.6) is 0 Å². The summed E-state index contributed by atoms with van der Waals surface area (Å²) in [5, 5.41) is 2.35. The number of alkyl halides is 2. The van der Waals surface area contributed by atoms with Crippen molar-refractivity contribution in [2.45, 2.75) is 80.1 Å². The van der Waals surface area contributed by atoms with Crippen LogP contribution in [0.2, 0.25) is 0 Å². The van der Waals surface area contributed by atoms with Crippen LogP contribution >= 0.6 is 0 Å². The smallest absolute Gasteiger partial charge is 0.271 e. The van der Waals surface area contributed by atoms with Crippen molar-refractivity contribution in [2.75, 3.05) is 11.4 Å². The maximum absolute atomic E-state index is 14.4. The number of nitrogens with one attached hydrogen (secondary N) is 1. The van der Waals surface area contributed by atoms with Gasteiger partial charge in [0, 0.05) is 39.1 Å². The average Bonchev–Trinajstić information content (AvgIpc) is 3.31. The van der Waals surface area contributed by atoms with Crippen molar-refractivity contribution >= 4 is 27.0 Å². The van der Waals surface area contributed by atoms with E-state index in [0.29, 0.717) is 12.8 Å². The maximum Gasteiger partial charge on any atom is 0.271 e. The molecule has 2 aromatic carbocycles. The van der Waals surface area contributed by atoms with Gasteiger partial charge in [-0.2, -0.15) is 0 Å². The summed E-state index contributed by atoms with van der Waals surface area (Å²) in [6.07, 6.45) is 1.64. The minimum Gasteiger partial charge on any atom is -0.358 e. The summed E-state index contributed by atoms with van der Waals surface area (Å²) in [7, 11) is -3.17. The number of rotatable bonds is 6. The lowest BCUT2D eigenvalue weighted by atomic mass is 9.85. The minimum absolute atomic E-state index is 0.0557. The molecule has 2 aliphatic rings. The number of amides is 1. The molecule has 2 fully saturated rings. The Hall–Kier alpha value is -2.45. The van der Waals surface area contributed by atoms with Gasteiger partial charge in [0.05, 0.1) is 10.9 Å². The van der Waals surface area contributed by atoms with Gasteiger partial charge in [-0.05, 0) is 48.2 Å². The molecule has 3 atom stereocenters. The first-order valence-electron chi connectivity index (χ1n) is 11.9. The molecule has 4 rings (SSSR count). The second-order valence-corrected chi connectivity index (χ2v) is 13.6. The molecule has 3 N–H and O–H groups in total. The third kappa shape index (κ3) is 5.09. The Labute approximate surface area is 207 Å². The van der Waals surface area contributed by atoms with Crippen molar-refractivity contribution < 1.29 is 17.8 Å². The minimum atomic E-state index is -3.17. The fourth-order valence-corrected chi connectivity index (χ4v) is 7.03. The Bertz CT molecular complexity index is 1230. The molecule has 8 heteroatoms. The Morgan fingerprint density at radius 2 is 1.66 bits per heavy atom. The zero-order valence-electron chi connectivity index (χ0n) is 20.8. The number of para-hydroxylation sites is 1. The number of carbonyl (C=O) groups excluding carboxylic acids is 1. The molecule has 0 spiro atoms. The van der Waals surface area contributed by atoms with E-state index in [-0.39, 0.29) is 34.7 Å². The highest BCUT2D eigenvalue weighted by molar-refractivity contribution is 8.01. The molecule has 5 nitrogen and oxygen atoms in total. The first-order valence-corrected chi connectivity index (χ1v) is 13.7. The van der Waals surface area contributed by atoms with Crippen LogP contribution in [0.1, 0.15) is 58.1 Å². The zero-order valence-corrected chi connectivity index (χ0v) is 21.6. The van der Waals surface area contributed by atoms with Crippen molar-refractivity contribution in [2.24, 2.45) is 5.73 Å². The summed E-state index contributed by atoms with van der Waals surface area (Å²) in [6, 6.07) is 13.1. The molecule has 0 aromatic heterocycles. The molecule has 2 aromatic rings. The van der Waals surface area contributed by atoms with Crippen LogP contribution < -0.4 is 16.0 Å². The van der Waals surface area contributed by atoms with Gasteiger partial charge in [-0.1, -0.05) is 57.2 Å². The highest BCUT2D eigenvalue weighted by Gasteiger charge is 2.47. The summed E-state index contributed by atoms with van der Waals surface area (Å²) in [6.45, 7) is 7.34. The molecular weight excluding hydrogens is 468 g/mol. The average molecular weight is 504 g/mol. The van der Waals surface area contributed by atoms with Crippen LogP contribution in [0.25, 0.3) is 0 Å². The summed E-state index contributed by atoms with van der Waals surface area (Å²) in [5.74, 6) is 0.588. The van der Waals surface area contributed by atoms with Crippen molar-refractivity contribution in [3.63, 3.8) is 0 Å². The largest absolute Gasteiger partial charge is 0.358 e. The Balaban J connectivity index is 1.77. The number of benzene rings is 2. The molecule has 1 saturated heterocycles. The molecule has 1 aliphatic heterocycles. The molecule has 190 valence electrons. The van der Waals surface area contributed by atoms with Crippen LogP contribution in [0.4, 0.5) is 14.5 Å². The standard InChI is InChI=1S/C27H35F2N3O2S/c1-25(2,3)19-10-6-8-12-21(19)32-17-18(16-22(32)24(33)31-27(30)14-15-27)35(5,34)23-13-9-7-11-20(23)26(4,28)29/h6-13,18,22H,5,14-17,30H2,1-4H3,(H,31,33).